The summed E-state index contributed by atoms with van der Waals surface area (Å²) < 4.78 is 45.7. The van der Waals surface area contributed by atoms with E-state index in [1.165, 1.54) is 6.07 Å². The van der Waals surface area contributed by atoms with Gasteiger partial charge >= 0.3 is 5.97 Å². The van der Waals surface area contributed by atoms with Crippen LogP contribution in [0.2, 0.25) is 0 Å². The molecule has 35 heavy (non-hydrogen) atoms. The number of hydrogen-bond acceptors (Lipinski definition) is 7. The molecule has 0 saturated heterocycles. The van der Waals surface area contributed by atoms with Crippen LogP contribution in [0, 0.1) is 6.92 Å². The first kappa shape index (κ1) is 24.3. The highest BCUT2D eigenvalue weighted by Gasteiger charge is 2.32. The smallest absolute Gasteiger partial charge is 0.338 e. The lowest BCUT2D eigenvalue weighted by Crippen LogP contribution is -2.39. The summed E-state index contributed by atoms with van der Waals surface area (Å²) in [5, 5.41) is 0. The summed E-state index contributed by atoms with van der Waals surface area (Å²) in [6.45, 7) is 2.15. The van der Waals surface area contributed by atoms with Crippen molar-refractivity contribution < 1.29 is 27.4 Å². The molecule has 1 aliphatic rings. The Morgan fingerprint density at radius 2 is 1.63 bits per heavy atom. The molecule has 4 rings (SSSR count). The Morgan fingerprint density at radius 1 is 0.971 bits per heavy atom. The number of aryl methyl sites for hydroxylation is 1. The normalized spacial score (nSPS) is 14.4. The number of nitrogens with zero attached hydrogens (tertiary/aromatic N) is 2. The molecule has 0 amide bonds. The maximum atomic E-state index is 12.8. The van der Waals surface area contributed by atoms with Crippen molar-refractivity contribution in [3.8, 4) is 11.5 Å². The summed E-state index contributed by atoms with van der Waals surface area (Å²) in [7, 11) is -0.488. The fraction of sp³-hybridized carbons (Fsp3) is 0.231. The van der Waals surface area contributed by atoms with Gasteiger partial charge in [-0.15, -0.1) is 4.40 Å². The van der Waals surface area contributed by atoms with Crippen LogP contribution >= 0.6 is 0 Å². The Morgan fingerprint density at radius 3 is 2.31 bits per heavy atom. The molecule has 1 heterocycles. The third-order valence-corrected chi connectivity index (χ3v) is 6.83. The van der Waals surface area contributed by atoms with E-state index in [-0.39, 0.29) is 18.0 Å². The van der Waals surface area contributed by atoms with Gasteiger partial charge in [-0.05, 0) is 55.5 Å². The maximum absolute atomic E-state index is 12.8. The van der Waals surface area contributed by atoms with Crippen LogP contribution < -0.4 is 9.47 Å². The van der Waals surface area contributed by atoms with Gasteiger partial charge in [0.05, 0.1) is 19.2 Å². The first-order valence-corrected chi connectivity index (χ1v) is 12.4. The minimum absolute atomic E-state index is 0.0515. The number of rotatable bonds is 8. The third kappa shape index (κ3) is 5.63. The van der Waals surface area contributed by atoms with E-state index in [2.05, 4.69) is 4.40 Å². The number of carbonyl (C=O) groups excluding carboxylic acids is 1. The third-order valence-electron chi connectivity index (χ3n) is 5.51. The number of benzene rings is 3. The van der Waals surface area contributed by atoms with Gasteiger partial charge in [-0.3, -0.25) is 0 Å². The molecule has 0 N–H and O–H groups in total. The Hall–Kier alpha value is -3.85. The van der Waals surface area contributed by atoms with E-state index in [9.17, 15) is 13.2 Å². The Bertz CT molecular complexity index is 1340. The van der Waals surface area contributed by atoms with E-state index < -0.39 is 22.1 Å². The lowest BCUT2D eigenvalue weighted by molar-refractivity contribution is 0.0130. The highest BCUT2D eigenvalue weighted by molar-refractivity contribution is 7.90. The molecule has 0 fully saturated rings. The predicted octanol–water partition coefficient (Wildman–Crippen LogP) is 3.69. The van der Waals surface area contributed by atoms with Crippen molar-refractivity contribution in [1.82, 2.24) is 4.90 Å². The van der Waals surface area contributed by atoms with Crippen molar-refractivity contribution in [3.63, 3.8) is 0 Å². The number of esters is 1. The second-order valence-electron chi connectivity index (χ2n) is 8.15. The molecule has 8 nitrogen and oxygen atoms in total. The van der Waals surface area contributed by atoms with Crippen LogP contribution in [0.1, 0.15) is 21.5 Å². The number of fused-ring (bicyclic) bond motifs is 1. The van der Waals surface area contributed by atoms with Crippen molar-refractivity contribution in [3.05, 3.63) is 89.5 Å². The molecule has 3 aromatic carbocycles. The van der Waals surface area contributed by atoms with Gasteiger partial charge in [0.1, 0.15) is 23.0 Å². The van der Waals surface area contributed by atoms with Crippen LogP contribution in [0.5, 0.6) is 11.5 Å². The highest BCUT2D eigenvalue weighted by Crippen LogP contribution is 2.27. The van der Waals surface area contributed by atoms with Gasteiger partial charge in [-0.2, -0.15) is 8.42 Å². The molecule has 1 atom stereocenters. The maximum Gasteiger partial charge on any atom is 0.338 e. The molecular formula is C26H26N2O6S. The minimum atomic E-state index is -3.77. The first-order valence-electron chi connectivity index (χ1n) is 11.0. The van der Waals surface area contributed by atoms with Gasteiger partial charge in [0.2, 0.25) is 0 Å². The Balaban J connectivity index is 1.53. The van der Waals surface area contributed by atoms with Gasteiger partial charge in [0.25, 0.3) is 10.0 Å². The Labute approximate surface area is 204 Å². The largest absolute Gasteiger partial charge is 0.497 e. The average Bonchev–Trinajstić information content (AvgIpc) is 3.14. The molecular weight excluding hydrogens is 468 g/mol. The van der Waals surface area contributed by atoms with Crippen molar-refractivity contribution in [2.45, 2.75) is 17.9 Å². The first-order chi connectivity index (χ1) is 16.8. The molecule has 3 aromatic rings. The monoisotopic (exact) mass is 494 g/mol. The zero-order chi connectivity index (χ0) is 25.0. The van der Waals surface area contributed by atoms with E-state index in [1.54, 1.807) is 73.7 Å². The van der Waals surface area contributed by atoms with Crippen LogP contribution in [0.15, 0.2) is 82.1 Å². The number of methoxy groups -OCH3 is 1. The topological polar surface area (TPSA) is 94.5 Å². The lowest BCUT2D eigenvalue weighted by atomic mass is 10.1. The van der Waals surface area contributed by atoms with Crippen LogP contribution in [-0.2, 0) is 14.8 Å². The summed E-state index contributed by atoms with van der Waals surface area (Å²) in [5.41, 5.74) is 1.95. The zero-order valence-electron chi connectivity index (χ0n) is 19.7. The minimum Gasteiger partial charge on any atom is -0.497 e. The van der Waals surface area contributed by atoms with Crippen molar-refractivity contribution in [2.24, 2.45) is 4.40 Å². The number of likely N-dealkylation sites (N-methyl/N-ethyl adjacent to an activating group) is 1. The lowest BCUT2D eigenvalue weighted by Gasteiger charge is -2.26. The van der Waals surface area contributed by atoms with Crippen LogP contribution in [-0.4, -0.2) is 58.5 Å². The summed E-state index contributed by atoms with van der Waals surface area (Å²) in [6.07, 6.45) is -0.714. The van der Waals surface area contributed by atoms with Crippen molar-refractivity contribution >= 4 is 21.8 Å². The van der Waals surface area contributed by atoms with Crippen molar-refractivity contribution in [2.75, 3.05) is 27.3 Å². The zero-order valence-corrected chi connectivity index (χ0v) is 20.5. The summed E-state index contributed by atoms with van der Waals surface area (Å²) in [5.74, 6) is 1.07. The molecule has 0 aromatic heterocycles. The Kier molecular flexibility index (Phi) is 7.07. The van der Waals surface area contributed by atoms with Gasteiger partial charge in [-0.25, -0.2) is 4.79 Å². The van der Waals surface area contributed by atoms with E-state index in [4.69, 9.17) is 14.2 Å². The SMILES string of the molecule is COc1ccc(OCC(CN(C)C2=NS(=O)(=O)c3ccccc32)OC(=O)c2ccc(C)cc2)cc1. The van der Waals surface area contributed by atoms with Gasteiger partial charge in [0.15, 0.2) is 11.9 Å². The number of carbonyl (C=O) groups is 1. The number of hydrogen-bond donors (Lipinski definition) is 0. The van der Waals surface area contributed by atoms with Crippen molar-refractivity contribution in [1.29, 1.82) is 0 Å². The number of sulfonamides is 1. The molecule has 0 bridgehead atoms. The molecule has 0 saturated carbocycles. The number of ether oxygens (including phenoxy) is 3. The van der Waals surface area contributed by atoms with E-state index in [1.807, 2.05) is 19.1 Å². The fourth-order valence-electron chi connectivity index (χ4n) is 3.65. The highest BCUT2D eigenvalue weighted by atomic mass is 32.2. The van der Waals surface area contributed by atoms with E-state index >= 15 is 0 Å². The van der Waals surface area contributed by atoms with Crippen LogP contribution in [0.4, 0.5) is 0 Å². The molecule has 0 spiro atoms. The molecule has 1 aliphatic heterocycles. The molecule has 182 valence electrons. The summed E-state index contributed by atoms with van der Waals surface area (Å²) in [6, 6.07) is 20.8. The predicted molar refractivity (Wildman–Crippen MR) is 132 cm³/mol. The summed E-state index contributed by atoms with van der Waals surface area (Å²) in [4.78, 5) is 14.6. The van der Waals surface area contributed by atoms with Gasteiger partial charge in [0, 0.05) is 12.6 Å². The molecule has 0 aliphatic carbocycles. The second-order valence-corrected chi connectivity index (χ2v) is 9.72. The fourth-order valence-corrected chi connectivity index (χ4v) is 4.90. The van der Waals surface area contributed by atoms with Gasteiger partial charge < -0.3 is 19.1 Å². The average molecular weight is 495 g/mol. The standard InChI is InChI=1S/C26H26N2O6S/c1-18-8-10-19(11-9-18)26(29)34-22(17-33-21-14-12-20(32-3)13-15-21)16-28(2)25-23-6-4-5-7-24(23)35(30,31)27-25/h4-15,22H,16-17H2,1-3H3. The quantitative estimate of drug-likeness (QED) is 0.441. The molecule has 9 heteroatoms. The van der Waals surface area contributed by atoms with E-state index in [0.717, 1.165) is 5.56 Å². The molecule has 1 unspecified atom stereocenters. The number of amidine groups is 1. The van der Waals surface area contributed by atoms with Crippen LogP contribution in [0.25, 0.3) is 0 Å². The van der Waals surface area contributed by atoms with Crippen LogP contribution in [0.3, 0.4) is 0 Å². The van der Waals surface area contributed by atoms with E-state index in [0.29, 0.717) is 28.5 Å². The van der Waals surface area contributed by atoms with Gasteiger partial charge in [-0.1, -0.05) is 29.8 Å². The molecule has 0 radical (unpaired) electrons. The summed E-state index contributed by atoms with van der Waals surface area (Å²) >= 11 is 0. The second kappa shape index (κ2) is 10.2.